The van der Waals surface area contributed by atoms with Crippen molar-refractivity contribution < 1.29 is 9.47 Å². The number of aryl methyl sites for hydroxylation is 1. The zero-order chi connectivity index (χ0) is 18.9. The standard InChI is InChI=1S/C19H25N5O2S/c1-25-17-14-16(24-10-12-26-13-11-24)21-18(22-17)23-19(27)20-9-5-8-15-6-3-2-4-7-15/h2-4,6-7,14H,5,8-13H2,1H3,(H2,20,21,22,23,27). The maximum Gasteiger partial charge on any atom is 0.234 e. The van der Waals surface area contributed by atoms with Gasteiger partial charge >= 0.3 is 0 Å². The Morgan fingerprint density at radius 3 is 2.74 bits per heavy atom. The van der Waals surface area contributed by atoms with Crippen LogP contribution in [0.2, 0.25) is 0 Å². The van der Waals surface area contributed by atoms with E-state index in [9.17, 15) is 0 Å². The summed E-state index contributed by atoms with van der Waals surface area (Å²) in [4.78, 5) is 11.0. The van der Waals surface area contributed by atoms with Gasteiger partial charge in [0.15, 0.2) is 5.11 Å². The normalized spacial score (nSPS) is 13.9. The number of hydrogen-bond donors (Lipinski definition) is 2. The summed E-state index contributed by atoms with van der Waals surface area (Å²) in [5.41, 5.74) is 1.32. The van der Waals surface area contributed by atoms with E-state index in [1.54, 1.807) is 7.11 Å². The predicted octanol–water partition coefficient (Wildman–Crippen LogP) is 2.24. The molecular weight excluding hydrogens is 362 g/mol. The molecule has 0 aliphatic carbocycles. The third-order valence-electron chi connectivity index (χ3n) is 4.23. The highest BCUT2D eigenvalue weighted by atomic mass is 32.1. The van der Waals surface area contributed by atoms with E-state index in [2.05, 4.69) is 49.8 Å². The number of aromatic nitrogens is 2. The van der Waals surface area contributed by atoms with Crippen LogP contribution < -0.4 is 20.3 Å². The monoisotopic (exact) mass is 387 g/mol. The molecule has 7 nitrogen and oxygen atoms in total. The summed E-state index contributed by atoms with van der Waals surface area (Å²) in [6, 6.07) is 12.2. The van der Waals surface area contributed by atoms with Gasteiger partial charge in [-0.25, -0.2) is 0 Å². The van der Waals surface area contributed by atoms with Crippen LogP contribution in [0.5, 0.6) is 5.88 Å². The van der Waals surface area contributed by atoms with E-state index in [4.69, 9.17) is 21.7 Å². The van der Waals surface area contributed by atoms with Gasteiger partial charge in [-0.2, -0.15) is 9.97 Å². The number of hydrogen-bond acceptors (Lipinski definition) is 6. The highest BCUT2D eigenvalue weighted by molar-refractivity contribution is 7.80. The van der Waals surface area contributed by atoms with Crippen LogP contribution in [0, 0.1) is 0 Å². The quantitative estimate of drug-likeness (QED) is 0.554. The minimum atomic E-state index is 0.427. The number of ether oxygens (including phenoxy) is 2. The molecule has 1 aromatic heterocycles. The second-order valence-electron chi connectivity index (χ2n) is 6.16. The molecule has 1 aromatic carbocycles. The number of benzene rings is 1. The first-order chi connectivity index (χ1) is 13.2. The fraction of sp³-hybridized carbons (Fsp3) is 0.421. The fourth-order valence-electron chi connectivity index (χ4n) is 2.81. The number of morpholine rings is 1. The second kappa shape index (κ2) is 10.0. The Bertz CT molecular complexity index is 738. The average Bonchev–Trinajstić information content (AvgIpc) is 2.72. The van der Waals surface area contributed by atoms with Gasteiger partial charge < -0.3 is 25.0 Å². The van der Waals surface area contributed by atoms with E-state index in [-0.39, 0.29) is 0 Å². The Morgan fingerprint density at radius 2 is 2.00 bits per heavy atom. The van der Waals surface area contributed by atoms with Crippen molar-refractivity contribution in [1.82, 2.24) is 15.3 Å². The van der Waals surface area contributed by atoms with Crippen LogP contribution in [0.3, 0.4) is 0 Å². The van der Waals surface area contributed by atoms with E-state index in [1.165, 1.54) is 5.56 Å². The zero-order valence-electron chi connectivity index (χ0n) is 15.5. The van der Waals surface area contributed by atoms with Crippen LogP contribution in [0.25, 0.3) is 0 Å². The molecule has 0 unspecified atom stereocenters. The number of thiocarbonyl (C=S) groups is 1. The summed E-state index contributed by atoms with van der Waals surface area (Å²) in [5.74, 6) is 1.73. The highest BCUT2D eigenvalue weighted by Gasteiger charge is 2.15. The number of nitrogens with zero attached hydrogens (tertiary/aromatic N) is 3. The number of rotatable bonds is 7. The van der Waals surface area contributed by atoms with E-state index in [0.29, 0.717) is 30.2 Å². The molecule has 0 radical (unpaired) electrons. The van der Waals surface area contributed by atoms with Crippen molar-refractivity contribution >= 4 is 29.1 Å². The molecule has 2 heterocycles. The molecule has 8 heteroatoms. The molecule has 0 spiro atoms. The smallest absolute Gasteiger partial charge is 0.234 e. The molecule has 1 saturated heterocycles. The molecule has 144 valence electrons. The summed E-state index contributed by atoms with van der Waals surface area (Å²) >= 11 is 5.37. The van der Waals surface area contributed by atoms with Gasteiger partial charge in [-0.05, 0) is 30.6 Å². The third kappa shape index (κ3) is 6.04. The first-order valence-corrected chi connectivity index (χ1v) is 9.50. The van der Waals surface area contributed by atoms with Crippen LogP contribution in [-0.4, -0.2) is 55.0 Å². The minimum absolute atomic E-state index is 0.427. The molecular formula is C19H25N5O2S. The Kier molecular flexibility index (Phi) is 7.18. The lowest BCUT2D eigenvalue weighted by Crippen LogP contribution is -2.37. The van der Waals surface area contributed by atoms with Gasteiger partial charge in [0.25, 0.3) is 0 Å². The highest BCUT2D eigenvalue weighted by Crippen LogP contribution is 2.20. The Labute approximate surface area is 165 Å². The van der Waals surface area contributed by atoms with Crippen molar-refractivity contribution in [2.45, 2.75) is 12.8 Å². The summed E-state index contributed by atoms with van der Waals surface area (Å²) < 4.78 is 10.7. The third-order valence-corrected chi connectivity index (χ3v) is 4.48. The molecule has 2 aromatic rings. The van der Waals surface area contributed by atoms with Crippen LogP contribution in [0.4, 0.5) is 11.8 Å². The molecule has 27 heavy (non-hydrogen) atoms. The molecule has 1 fully saturated rings. The second-order valence-corrected chi connectivity index (χ2v) is 6.57. The minimum Gasteiger partial charge on any atom is -0.481 e. The van der Waals surface area contributed by atoms with Crippen molar-refractivity contribution in [3.05, 3.63) is 42.0 Å². The Morgan fingerprint density at radius 1 is 1.22 bits per heavy atom. The summed E-state index contributed by atoms with van der Waals surface area (Å²) in [6.45, 7) is 3.75. The van der Waals surface area contributed by atoms with Crippen molar-refractivity contribution in [1.29, 1.82) is 0 Å². The van der Waals surface area contributed by atoms with Crippen molar-refractivity contribution in [2.75, 3.05) is 50.2 Å². The lowest BCUT2D eigenvalue weighted by Gasteiger charge is -2.28. The average molecular weight is 388 g/mol. The van der Waals surface area contributed by atoms with Crippen LogP contribution in [0.15, 0.2) is 36.4 Å². The van der Waals surface area contributed by atoms with Gasteiger partial charge in [0.1, 0.15) is 5.82 Å². The van der Waals surface area contributed by atoms with Gasteiger partial charge in [-0.15, -0.1) is 0 Å². The molecule has 0 amide bonds. The van der Waals surface area contributed by atoms with Gasteiger partial charge in [0.2, 0.25) is 11.8 Å². The first-order valence-electron chi connectivity index (χ1n) is 9.09. The number of anilines is 2. The summed E-state index contributed by atoms with van der Waals surface area (Å²) in [7, 11) is 1.59. The maximum atomic E-state index is 5.40. The molecule has 3 rings (SSSR count). The van der Waals surface area contributed by atoms with E-state index >= 15 is 0 Å². The van der Waals surface area contributed by atoms with Crippen molar-refractivity contribution in [2.24, 2.45) is 0 Å². The fourth-order valence-corrected chi connectivity index (χ4v) is 3.01. The molecule has 0 atom stereocenters. The summed E-state index contributed by atoms with van der Waals surface area (Å²) in [6.07, 6.45) is 2.00. The van der Waals surface area contributed by atoms with Crippen LogP contribution in [-0.2, 0) is 11.2 Å². The van der Waals surface area contributed by atoms with Crippen LogP contribution in [0.1, 0.15) is 12.0 Å². The molecule has 1 aliphatic rings. The molecule has 0 saturated carbocycles. The predicted molar refractivity (Wildman–Crippen MR) is 111 cm³/mol. The van der Waals surface area contributed by atoms with Gasteiger partial charge in [0.05, 0.1) is 20.3 Å². The Balaban J connectivity index is 1.51. The number of nitrogens with one attached hydrogen (secondary N) is 2. The SMILES string of the molecule is COc1cc(N2CCOCC2)nc(NC(=S)NCCCc2ccccc2)n1. The van der Waals surface area contributed by atoms with Crippen molar-refractivity contribution in [3.8, 4) is 5.88 Å². The van der Waals surface area contributed by atoms with Crippen molar-refractivity contribution in [3.63, 3.8) is 0 Å². The lowest BCUT2D eigenvalue weighted by molar-refractivity contribution is 0.122. The van der Waals surface area contributed by atoms with Crippen LogP contribution >= 0.6 is 12.2 Å². The topological polar surface area (TPSA) is 71.5 Å². The van der Waals surface area contributed by atoms with E-state index < -0.39 is 0 Å². The number of methoxy groups -OCH3 is 1. The van der Waals surface area contributed by atoms with Gasteiger partial charge in [0, 0.05) is 25.7 Å². The molecule has 0 bridgehead atoms. The van der Waals surface area contributed by atoms with E-state index in [0.717, 1.165) is 38.3 Å². The molecule has 1 aliphatic heterocycles. The summed E-state index contributed by atoms with van der Waals surface area (Å²) in [5, 5.41) is 6.76. The zero-order valence-corrected chi connectivity index (χ0v) is 16.3. The maximum absolute atomic E-state index is 5.40. The van der Waals surface area contributed by atoms with Gasteiger partial charge in [-0.3, -0.25) is 0 Å². The van der Waals surface area contributed by atoms with E-state index in [1.807, 2.05) is 12.1 Å². The van der Waals surface area contributed by atoms with Gasteiger partial charge in [-0.1, -0.05) is 30.3 Å². The Hall–Kier alpha value is -2.45. The first kappa shape index (κ1) is 19.3. The molecule has 2 N–H and O–H groups in total. The lowest BCUT2D eigenvalue weighted by atomic mass is 10.1. The largest absolute Gasteiger partial charge is 0.481 e.